The molecule has 0 aliphatic heterocycles. The molecule has 0 radical (unpaired) electrons. The van der Waals surface area contributed by atoms with Crippen molar-refractivity contribution in [3.63, 3.8) is 0 Å². The van der Waals surface area contributed by atoms with Crippen LogP contribution in [0.2, 0.25) is 0 Å². The molecule has 0 aromatic rings. The molecule has 0 atom stereocenters. The van der Waals surface area contributed by atoms with Gasteiger partial charge in [0.15, 0.2) is 0 Å². The molecule has 0 aliphatic carbocycles. The summed E-state index contributed by atoms with van der Waals surface area (Å²) < 4.78 is 30.8. The molecule has 0 aliphatic rings. The van der Waals surface area contributed by atoms with Gasteiger partial charge in [0.2, 0.25) is 10.0 Å². The third kappa shape index (κ3) is 5.25. The van der Waals surface area contributed by atoms with Gasteiger partial charge in [-0.15, -0.1) is 0 Å². The number of hydrogen-bond acceptors (Lipinski definition) is 4. The van der Waals surface area contributed by atoms with Crippen molar-refractivity contribution in [2.75, 3.05) is 19.0 Å². The van der Waals surface area contributed by atoms with Crippen molar-refractivity contribution in [1.29, 1.82) is 0 Å². The second-order valence-electron chi connectivity index (χ2n) is 4.80. The van der Waals surface area contributed by atoms with Crippen molar-refractivity contribution < 1.29 is 18.3 Å². The Morgan fingerprint density at radius 1 is 1.25 bits per heavy atom. The summed E-state index contributed by atoms with van der Waals surface area (Å²) in [4.78, 5) is 0. The van der Waals surface area contributed by atoms with Gasteiger partial charge in [-0.05, 0) is 34.6 Å². The highest BCUT2D eigenvalue weighted by Gasteiger charge is 2.38. The van der Waals surface area contributed by atoms with Gasteiger partial charge in [-0.25, -0.2) is 13.1 Å². The summed E-state index contributed by atoms with van der Waals surface area (Å²) in [6.07, 6.45) is 0. The molecule has 98 valence electrons. The third-order valence-electron chi connectivity index (χ3n) is 2.64. The van der Waals surface area contributed by atoms with E-state index in [1.807, 2.05) is 0 Å². The van der Waals surface area contributed by atoms with E-state index in [2.05, 4.69) is 4.72 Å². The fourth-order valence-corrected chi connectivity index (χ4v) is 2.34. The van der Waals surface area contributed by atoms with Crippen LogP contribution < -0.4 is 4.72 Å². The van der Waals surface area contributed by atoms with E-state index in [1.165, 1.54) is 0 Å². The number of hydrogen-bond donors (Lipinski definition) is 2. The van der Waals surface area contributed by atoms with Crippen LogP contribution >= 0.6 is 0 Å². The average Bonchev–Trinajstić information content (AvgIpc) is 1.99. The highest BCUT2D eigenvalue weighted by atomic mass is 32.2. The molecule has 0 spiro atoms. The van der Waals surface area contributed by atoms with Gasteiger partial charge in [0.05, 0.1) is 23.5 Å². The maximum Gasteiger partial charge on any atom is 0.214 e. The monoisotopic (exact) mass is 253 g/mol. The number of aliphatic hydroxyl groups is 1. The molecule has 0 rings (SSSR count). The molecule has 2 N–H and O–H groups in total. The van der Waals surface area contributed by atoms with Gasteiger partial charge in [0.1, 0.15) is 0 Å². The Morgan fingerprint density at radius 2 is 1.75 bits per heavy atom. The van der Waals surface area contributed by atoms with Crippen LogP contribution in [0.4, 0.5) is 0 Å². The SMILES string of the molecule is CCOCCS(=O)(=O)NC(C)(C)C(C)(C)O. The minimum atomic E-state index is -3.43. The molecule has 0 amide bonds. The Labute approximate surface area is 98.2 Å². The van der Waals surface area contributed by atoms with Gasteiger partial charge in [0.25, 0.3) is 0 Å². The summed E-state index contributed by atoms with van der Waals surface area (Å²) in [5.41, 5.74) is -2.05. The van der Waals surface area contributed by atoms with E-state index in [1.54, 1.807) is 34.6 Å². The van der Waals surface area contributed by atoms with Crippen LogP contribution in [0.25, 0.3) is 0 Å². The van der Waals surface area contributed by atoms with Crippen LogP contribution in [-0.4, -0.2) is 43.6 Å². The van der Waals surface area contributed by atoms with Crippen LogP contribution in [0.1, 0.15) is 34.6 Å². The molecule has 0 fully saturated rings. The third-order valence-corrected chi connectivity index (χ3v) is 4.17. The van der Waals surface area contributed by atoms with Crippen LogP contribution in [0.15, 0.2) is 0 Å². The van der Waals surface area contributed by atoms with Crippen LogP contribution in [0, 0.1) is 0 Å². The van der Waals surface area contributed by atoms with Crippen molar-refractivity contribution in [2.45, 2.75) is 45.8 Å². The van der Waals surface area contributed by atoms with Gasteiger partial charge >= 0.3 is 0 Å². The molecule has 16 heavy (non-hydrogen) atoms. The molecular formula is C10H23NO4S. The Bertz CT molecular complexity index is 303. The number of nitrogens with one attached hydrogen (secondary N) is 1. The normalized spacial score (nSPS) is 14.1. The molecule has 0 heterocycles. The fourth-order valence-electron chi connectivity index (χ4n) is 0.878. The van der Waals surface area contributed by atoms with E-state index < -0.39 is 21.2 Å². The van der Waals surface area contributed by atoms with E-state index in [9.17, 15) is 13.5 Å². The summed E-state index contributed by atoms with van der Waals surface area (Å²) in [5, 5.41) is 9.82. The van der Waals surface area contributed by atoms with Crippen LogP contribution in [0.3, 0.4) is 0 Å². The van der Waals surface area contributed by atoms with E-state index in [0.717, 1.165) is 0 Å². The summed E-state index contributed by atoms with van der Waals surface area (Å²) >= 11 is 0. The lowest BCUT2D eigenvalue weighted by Gasteiger charge is -2.37. The highest BCUT2D eigenvalue weighted by molar-refractivity contribution is 7.89. The molecule has 0 saturated carbocycles. The van der Waals surface area contributed by atoms with E-state index in [-0.39, 0.29) is 12.4 Å². The molecular weight excluding hydrogens is 230 g/mol. The van der Waals surface area contributed by atoms with Crippen molar-refractivity contribution in [2.24, 2.45) is 0 Å². The van der Waals surface area contributed by atoms with Crippen LogP contribution in [0.5, 0.6) is 0 Å². The molecule has 6 heteroatoms. The van der Waals surface area contributed by atoms with Gasteiger partial charge in [-0.3, -0.25) is 0 Å². The van der Waals surface area contributed by atoms with E-state index in [4.69, 9.17) is 4.74 Å². The fraction of sp³-hybridized carbons (Fsp3) is 1.00. The number of rotatable bonds is 7. The minimum absolute atomic E-state index is 0.0969. The Hall–Kier alpha value is -0.170. The van der Waals surface area contributed by atoms with Crippen molar-refractivity contribution in [3.8, 4) is 0 Å². The lowest BCUT2D eigenvalue weighted by atomic mass is 9.87. The maximum atomic E-state index is 11.7. The van der Waals surface area contributed by atoms with Crippen molar-refractivity contribution in [1.82, 2.24) is 4.72 Å². The van der Waals surface area contributed by atoms with E-state index >= 15 is 0 Å². The Kier molecular flexibility index (Phi) is 5.38. The summed E-state index contributed by atoms with van der Waals surface area (Å²) in [6.45, 7) is 8.88. The Morgan fingerprint density at radius 3 is 2.12 bits per heavy atom. The van der Waals surface area contributed by atoms with Gasteiger partial charge < -0.3 is 9.84 Å². The number of ether oxygens (including phenoxy) is 1. The van der Waals surface area contributed by atoms with Crippen molar-refractivity contribution >= 4 is 10.0 Å². The average molecular weight is 253 g/mol. The maximum absolute atomic E-state index is 11.7. The van der Waals surface area contributed by atoms with Crippen molar-refractivity contribution in [3.05, 3.63) is 0 Å². The summed E-state index contributed by atoms with van der Waals surface area (Å²) in [7, 11) is -3.43. The molecule has 5 nitrogen and oxygen atoms in total. The zero-order valence-corrected chi connectivity index (χ0v) is 11.5. The second kappa shape index (κ2) is 5.44. The largest absolute Gasteiger partial charge is 0.389 e. The molecule has 0 aromatic carbocycles. The summed E-state index contributed by atoms with van der Waals surface area (Å²) in [5.74, 6) is -0.0969. The Balaban J connectivity index is 4.48. The molecule has 0 unspecified atom stereocenters. The lowest BCUT2D eigenvalue weighted by molar-refractivity contribution is 0.00630. The first kappa shape index (κ1) is 15.8. The zero-order chi connectivity index (χ0) is 13.0. The first-order valence-corrected chi connectivity index (χ1v) is 6.99. The predicted molar refractivity (Wildman–Crippen MR) is 63.8 cm³/mol. The highest BCUT2D eigenvalue weighted by Crippen LogP contribution is 2.21. The lowest BCUT2D eigenvalue weighted by Crippen LogP contribution is -2.58. The topological polar surface area (TPSA) is 75.6 Å². The van der Waals surface area contributed by atoms with Gasteiger partial charge in [0, 0.05) is 6.61 Å². The van der Waals surface area contributed by atoms with Gasteiger partial charge in [-0.2, -0.15) is 0 Å². The predicted octanol–water partition coefficient (Wildman–Crippen LogP) is 0.492. The molecule has 0 bridgehead atoms. The zero-order valence-electron chi connectivity index (χ0n) is 10.7. The minimum Gasteiger partial charge on any atom is -0.389 e. The van der Waals surface area contributed by atoms with E-state index in [0.29, 0.717) is 6.61 Å². The molecule has 0 aromatic heterocycles. The van der Waals surface area contributed by atoms with Gasteiger partial charge in [-0.1, -0.05) is 0 Å². The summed E-state index contributed by atoms with van der Waals surface area (Å²) in [6, 6.07) is 0. The quantitative estimate of drug-likeness (QED) is 0.648. The first-order chi connectivity index (χ1) is 7.02. The van der Waals surface area contributed by atoms with Crippen LogP contribution in [-0.2, 0) is 14.8 Å². The first-order valence-electron chi connectivity index (χ1n) is 5.33. The molecule has 0 saturated heterocycles. The second-order valence-corrected chi connectivity index (χ2v) is 6.64. The number of sulfonamides is 1. The smallest absolute Gasteiger partial charge is 0.214 e. The standard InChI is InChI=1S/C10H23NO4S/c1-6-15-7-8-16(13,14)11-9(2,3)10(4,5)12/h11-12H,6-8H2,1-5H3.